The number of aryl methyl sites for hydroxylation is 3. The second kappa shape index (κ2) is 9.22. The van der Waals surface area contributed by atoms with E-state index >= 15 is 0 Å². The molecule has 204 valence electrons. The van der Waals surface area contributed by atoms with Gasteiger partial charge in [-0.1, -0.05) is 71.8 Å². The van der Waals surface area contributed by atoms with Gasteiger partial charge in [0.05, 0.1) is 5.69 Å². The molecule has 2 aliphatic heterocycles. The highest BCUT2D eigenvalue weighted by molar-refractivity contribution is 6.00. The van der Waals surface area contributed by atoms with E-state index in [4.69, 9.17) is 4.98 Å². The summed E-state index contributed by atoms with van der Waals surface area (Å²) in [6.07, 6.45) is 10.9. The van der Waals surface area contributed by atoms with Crippen molar-refractivity contribution in [2.24, 2.45) is 0 Å². The first kappa shape index (κ1) is 24.7. The van der Waals surface area contributed by atoms with Crippen LogP contribution in [0.1, 0.15) is 41.0 Å². The van der Waals surface area contributed by atoms with Gasteiger partial charge in [0.25, 0.3) is 0 Å². The van der Waals surface area contributed by atoms with Crippen molar-refractivity contribution >= 4 is 22.5 Å². The molecule has 2 aliphatic rings. The summed E-state index contributed by atoms with van der Waals surface area (Å²) in [4.78, 5) is 7.04. The van der Waals surface area contributed by atoms with Crippen molar-refractivity contribution in [1.82, 2.24) is 19.6 Å². The lowest BCUT2D eigenvalue weighted by Gasteiger charge is -2.28. The Balaban J connectivity index is 1.33. The Hall–Kier alpha value is -5.09. The predicted octanol–water partition coefficient (Wildman–Crippen LogP) is 9.16. The molecule has 1 unspecified atom stereocenters. The molecular weight excluding hydrogens is 512 g/mol. The fraction of sp³-hybridized carbons (Fsp3) is 0.132. The zero-order valence-electron chi connectivity index (χ0n) is 24.3. The Morgan fingerprint density at radius 1 is 0.762 bits per heavy atom. The molecule has 0 aliphatic carbocycles. The minimum absolute atomic E-state index is 0.159. The van der Waals surface area contributed by atoms with Crippen molar-refractivity contribution < 1.29 is 0 Å². The van der Waals surface area contributed by atoms with Crippen LogP contribution >= 0.6 is 0 Å². The summed E-state index contributed by atoms with van der Waals surface area (Å²) in [5.74, 6) is 0. The fourth-order valence-corrected chi connectivity index (χ4v) is 6.82. The summed E-state index contributed by atoms with van der Waals surface area (Å²) >= 11 is 0. The zero-order chi connectivity index (χ0) is 28.5. The Morgan fingerprint density at radius 2 is 1.52 bits per heavy atom. The maximum absolute atomic E-state index is 4.79. The van der Waals surface area contributed by atoms with Crippen LogP contribution in [0, 0.1) is 20.8 Å². The minimum Gasteiger partial charge on any atom is -0.364 e. The monoisotopic (exact) mass is 544 g/mol. The molecule has 0 saturated carbocycles. The van der Waals surface area contributed by atoms with Crippen LogP contribution < -0.4 is 5.32 Å². The van der Waals surface area contributed by atoms with E-state index in [9.17, 15) is 0 Å². The van der Waals surface area contributed by atoms with Crippen molar-refractivity contribution in [2.75, 3.05) is 0 Å². The van der Waals surface area contributed by atoms with Crippen LogP contribution in [-0.4, -0.2) is 14.3 Å². The lowest BCUT2D eigenvalue weighted by atomic mass is 9.85. The number of benzene rings is 4. The van der Waals surface area contributed by atoms with Gasteiger partial charge in [-0.25, -0.2) is 4.98 Å². The molecule has 0 spiro atoms. The molecule has 4 heteroatoms. The lowest BCUT2D eigenvalue weighted by Crippen LogP contribution is -2.26. The smallest absolute Gasteiger partial charge is 0.144 e. The molecule has 0 radical (unpaired) electrons. The molecule has 6 aromatic rings. The van der Waals surface area contributed by atoms with E-state index in [1.807, 2.05) is 6.92 Å². The van der Waals surface area contributed by atoms with Crippen LogP contribution in [0.25, 0.3) is 55.9 Å². The summed E-state index contributed by atoms with van der Waals surface area (Å²) in [5.41, 5.74) is 15.7. The average molecular weight is 545 g/mol. The van der Waals surface area contributed by atoms with E-state index in [1.54, 1.807) is 0 Å². The van der Waals surface area contributed by atoms with Gasteiger partial charge in [-0.05, 0) is 96.3 Å². The third kappa shape index (κ3) is 3.94. The third-order valence-corrected chi connectivity index (χ3v) is 8.57. The quantitative estimate of drug-likeness (QED) is 0.241. The second-order valence-corrected chi connectivity index (χ2v) is 11.8. The normalized spacial score (nSPS) is 15.6. The second-order valence-electron chi connectivity index (χ2n) is 11.8. The Morgan fingerprint density at radius 3 is 2.33 bits per heavy atom. The number of allylic oxidation sites excluding steroid dienone is 1. The summed E-state index contributed by atoms with van der Waals surface area (Å²) in [7, 11) is 0. The van der Waals surface area contributed by atoms with Gasteiger partial charge in [0, 0.05) is 41.4 Å². The topological polar surface area (TPSA) is 32.6 Å². The Bertz CT molecular complexity index is 2110. The molecule has 2 aromatic heterocycles. The summed E-state index contributed by atoms with van der Waals surface area (Å²) in [5, 5.41) is 5.97. The highest BCUT2D eigenvalue weighted by atomic mass is 15.3. The van der Waals surface area contributed by atoms with Crippen molar-refractivity contribution in [1.29, 1.82) is 0 Å². The zero-order valence-corrected chi connectivity index (χ0v) is 24.3. The number of nitrogens with zero attached hydrogens (tertiary/aromatic N) is 3. The standard InChI is InChI=1S/C38H32N4/c1-23-16-24(2)18-31(17-23)36-32(27-8-10-34-29(19-27)12-14-41-21-25(3)39-37(34)41)6-5-7-33(36)28-9-11-35-30(20-28)13-15-42-22-26(4)40-38(35)42/h5-22,37,39H,1-4H3. The van der Waals surface area contributed by atoms with Gasteiger partial charge in [-0.15, -0.1) is 0 Å². The van der Waals surface area contributed by atoms with E-state index in [2.05, 4.69) is 145 Å². The van der Waals surface area contributed by atoms with Crippen LogP contribution in [0.4, 0.5) is 0 Å². The number of nitrogens with one attached hydrogen (secondary N) is 1. The van der Waals surface area contributed by atoms with Crippen LogP contribution in [0.2, 0.25) is 0 Å². The molecule has 4 heterocycles. The van der Waals surface area contributed by atoms with E-state index in [0.29, 0.717) is 0 Å². The molecule has 0 saturated heterocycles. The van der Waals surface area contributed by atoms with Crippen molar-refractivity contribution in [2.45, 2.75) is 33.9 Å². The van der Waals surface area contributed by atoms with Gasteiger partial charge < -0.3 is 14.6 Å². The maximum atomic E-state index is 4.79. The number of aromatic nitrogens is 2. The number of imidazole rings is 1. The van der Waals surface area contributed by atoms with Crippen molar-refractivity contribution in [3.63, 3.8) is 0 Å². The first-order chi connectivity index (χ1) is 20.4. The van der Waals surface area contributed by atoms with E-state index in [0.717, 1.165) is 11.3 Å². The molecule has 0 amide bonds. The molecule has 0 fully saturated rings. The molecule has 4 aromatic carbocycles. The number of hydrogen-bond acceptors (Lipinski definition) is 3. The summed E-state index contributed by atoms with van der Waals surface area (Å²) in [6, 6.07) is 29.5. The van der Waals surface area contributed by atoms with Gasteiger partial charge >= 0.3 is 0 Å². The van der Waals surface area contributed by atoms with Gasteiger partial charge in [-0.2, -0.15) is 0 Å². The SMILES string of the molecule is CC1=CN2C=Cc3cc(-c4cccc(-c5ccc6c(ccn7cc(C)nc67)c5)c4-c4cc(C)cc(C)c4)ccc3C2N1. The molecule has 1 N–H and O–H groups in total. The number of hydrogen-bond donors (Lipinski definition) is 1. The first-order valence-corrected chi connectivity index (χ1v) is 14.6. The fourth-order valence-electron chi connectivity index (χ4n) is 6.82. The molecule has 0 bridgehead atoms. The van der Waals surface area contributed by atoms with E-state index < -0.39 is 0 Å². The minimum atomic E-state index is 0.159. The maximum Gasteiger partial charge on any atom is 0.144 e. The van der Waals surface area contributed by atoms with Crippen LogP contribution in [-0.2, 0) is 0 Å². The molecule has 4 nitrogen and oxygen atoms in total. The van der Waals surface area contributed by atoms with Crippen LogP contribution in [0.15, 0.2) is 109 Å². The van der Waals surface area contributed by atoms with Crippen molar-refractivity contribution in [3.8, 4) is 33.4 Å². The average Bonchev–Trinajstić information content (AvgIpc) is 3.57. The van der Waals surface area contributed by atoms with Gasteiger partial charge in [0.1, 0.15) is 11.8 Å². The predicted molar refractivity (Wildman–Crippen MR) is 174 cm³/mol. The molecule has 8 rings (SSSR count). The van der Waals surface area contributed by atoms with Crippen LogP contribution in [0.3, 0.4) is 0 Å². The third-order valence-electron chi connectivity index (χ3n) is 8.57. The Labute approximate surface area is 246 Å². The van der Waals surface area contributed by atoms with Gasteiger partial charge in [0.2, 0.25) is 0 Å². The number of fused-ring (bicyclic) bond motifs is 6. The number of rotatable bonds is 3. The van der Waals surface area contributed by atoms with E-state index in [-0.39, 0.29) is 6.17 Å². The van der Waals surface area contributed by atoms with Gasteiger partial charge in [0.15, 0.2) is 0 Å². The highest BCUT2D eigenvalue weighted by Gasteiger charge is 2.27. The lowest BCUT2D eigenvalue weighted by molar-refractivity contribution is 0.370. The summed E-state index contributed by atoms with van der Waals surface area (Å²) < 4.78 is 2.11. The highest BCUT2D eigenvalue weighted by Crippen LogP contribution is 2.43. The molecule has 1 atom stereocenters. The van der Waals surface area contributed by atoms with Crippen LogP contribution in [0.5, 0.6) is 0 Å². The van der Waals surface area contributed by atoms with Crippen molar-refractivity contribution in [3.05, 3.63) is 137 Å². The molecule has 42 heavy (non-hydrogen) atoms. The number of pyridine rings is 1. The van der Waals surface area contributed by atoms with Gasteiger partial charge in [-0.3, -0.25) is 0 Å². The largest absolute Gasteiger partial charge is 0.364 e. The molecular formula is C38H32N4. The van der Waals surface area contributed by atoms with E-state index in [1.165, 1.54) is 72.1 Å². The first-order valence-electron chi connectivity index (χ1n) is 14.6. The Kier molecular flexibility index (Phi) is 5.42. The summed E-state index contributed by atoms with van der Waals surface area (Å²) in [6.45, 7) is 8.54.